The van der Waals surface area contributed by atoms with Gasteiger partial charge in [0.25, 0.3) is 8.32 Å². The van der Waals surface area contributed by atoms with E-state index in [9.17, 15) is 9.90 Å². The quantitative estimate of drug-likeness (QED) is 0.251. The maximum atomic E-state index is 12.1. The summed E-state index contributed by atoms with van der Waals surface area (Å²) in [4.78, 5) is 17.1. The number of hydroxylamine groups is 2. The standard InChI is InChI=1S/C29H43NO4Si/c1-29(2,3)35(23-16-10-8-11-17-23,24-18-12-9-13-19-24)34-21-15-7-6-14-20-27(31)25-22-26(25)28(32)30(4)33-5/h8-13,16-19,25-27,31H,6-7,14-15,20-22H2,1-5H3/t25-,26-,27-/m1/s1. The number of aliphatic hydroxyl groups is 1. The second-order valence-electron chi connectivity index (χ2n) is 10.8. The van der Waals surface area contributed by atoms with Crippen molar-refractivity contribution in [3.05, 3.63) is 60.7 Å². The van der Waals surface area contributed by atoms with Crippen LogP contribution in [0.2, 0.25) is 5.04 Å². The molecule has 1 fully saturated rings. The normalized spacial score (nSPS) is 18.8. The number of hydrogen-bond donors (Lipinski definition) is 1. The van der Waals surface area contributed by atoms with Crippen molar-refractivity contribution in [3.63, 3.8) is 0 Å². The highest BCUT2D eigenvalue weighted by atomic mass is 28.4. The second-order valence-corrected chi connectivity index (χ2v) is 15.1. The molecule has 1 N–H and O–H groups in total. The number of carbonyl (C=O) groups excluding carboxylic acids is 1. The average Bonchev–Trinajstić information content (AvgIpc) is 3.66. The van der Waals surface area contributed by atoms with Crippen molar-refractivity contribution in [1.29, 1.82) is 0 Å². The zero-order chi connectivity index (χ0) is 25.5. The van der Waals surface area contributed by atoms with Gasteiger partial charge in [0.2, 0.25) is 5.91 Å². The Kier molecular flexibility index (Phi) is 9.70. The zero-order valence-corrected chi connectivity index (χ0v) is 23.1. The summed E-state index contributed by atoms with van der Waals surface area (Å²) in [7, 11) is 0.654. The van der Waals surface area contributed by atoms with Gasteiger partial charge in [0, 0.05) is 19.6 Å². The lowest BCUT2D eigenvalue weighted by atomic mass is 10.0. The Labute approximate surface area is 212 Å². The van der Waals surface area contributed by atoms with E-state index in [1.54, 1.807) is 7.05 Å². The number of unbranched alkanes of at least 4 members (excludes halogenated alkanes) is 3. The molecule has 1 aliphatic rings. The van der Waals surface area contributed by atoms with Gasteiger partial charge in [-0.25, -0.2) is 5.06 Å². The Morgan fingerprint density at radius 1 is 1.00 bits per heavy atom. The highest BCUT2D eigenvalue weighted by Gasteiger charge is 2.50. The van der Waals surface area contributed by atoms with E-state index in [1.807, 2.05) is 0 Å². The van der Waals surface area contributed by atoms with Gasteiger partial charge >= 0.3 is 0 Å². The molecule has 2 aromatic rings. The topological polar surface area (TPSA) is 59.0 Å². The van der Waals surface area contributed by atoms with Crippen LogP contribution in [0.4, 0.5) is 0 Å². The Hall–Kier alpha value is -1.99. The fourth-order valence-corrected chi connectivity index (χ4v) is 9.86. The first-order valence-electron chi connectivity index (χ1n) is 13.0. The van der Waals surface area contributed by atoms with Gasteiger partial charge in [0.15, 0.2) is 0 Å². The van der Waals surface area contributed by atoms with Gasteiger partial charge in [-0.05, 0) is 40.6 Å². The lowest BCUT2D eigenvalue weighted by Gasteiger charge is -2.43. The van der Waals surface area contributed by atoms with E-state index >= 15 is 0 Å². The number of hydrogen-bond acceptors (Lipinski definition) is 4. The zero-order valence-electron chi connectivity index (χ0n) is 22.1. The van der Waals surface area contributed by atoms with Crippen LogP contribution >= 0.6 is 0 Å². The molecule has 0 bridgehead atoms. The highest BCUT2D eigenvalue weighted by molar-refractivity contribution is 6.99. The van der Waals surface area contributed by atoms with Crippen LogP contribution in [-0.4, -0.2) is 51.3 Å². The largest absolute Gasteiger partial charge is 0.407 e. The lowest BCUT2D eigenvalue weighted by molar-refractivity contribution is -0.170. The minimum atomic E-state index is -2.46. The van der Waals surface area contributed by atoms with Crippen molar-refractivity contribution in [3.8, 4) is 0 Å². The van der Waals surface area contributed by atoms with Crippen LogP contribution in [0, 0.1) is 11.8 Å². The number of carbonyl (C=O) groups is 1. The van der Waals surface area contributed by atoms with Crippen LogP contribution in [0.15, 0.2) is 60.7 Å². The summed E-state index contributed by atoms with van der Waals surface area (Å²) < 4.78 is 6.95. The summed E-state index contributed by atoms with van der Waals surface area (Å²) in [5.41, 5.74) is 0. The average molecular weight is 498 g/mol. The Morgan fingerprint density at radius 3 is 2.06 bits per heavy atom. The van der Waals surface area contributed by atoms with Crippen LogP contribution in [0.3, 0.4) is 0 Å². The summed E-state index contributed by atoms with van der Waals surface area (Å²) >= 11 is 0. The Balaban J connectivity index is 1.50. The number of aliphatic hydroxyl groups excluding tert-OH is 1. The van der Waals surface area contributed by atoms with Crippen molar-refractivity contribution >= 4 is 24.6 Å². The van der Waals surface area contributed by atoms with Gasteiger partial charge in [0.05, 0.1) is 13.2 Å². The monoisotopic (exact) mass is 497 g/mol. The molecule has 0 radical (unpaired) electrons. The van der Waals surface area contributed by atoms with E-state index in [0.717, 1.165) is 45.1 Å². The highest BCUT2D eigenvalue weighted by Crippen LogP contribution is 2.43. The van der Waals surface area contributed by atoms with Crippen molar-refractivity contribution in [1.82, 2.24) is 5.06 Å². The summed E-state index contributed by atoms with van der Waals surface area (Å²) in [5, 5.41) is 14.4. The summed E-state index contributed by atoms with van der Waals surface area (Å²) in [6.07, 6.45) is 5.22. The van der Waals surface area contributed by atoms with Gasteiger partial charge in [-0.1, -0.05) is 101 Å². The van der Waals surface area contributed by atoms with Gasteiger partial charge in [-0.3, -0.25) is 9.63 Å². The van der Waals surface area contributed by atoms with Crippen LogP contribution in [0.25, 0.3) is 0 Å². The lowest BCUT2D eigenvalue weighted by Crippen LogP contribution is -2.66. The predicted molar refractivity (Wildman–Crippen MR) is 144 cm³/mol. The fourth-order valence-electron chi connectivity index (χ4n) is 5.26. The maximum Gasteiger partial charge on any atom is 0.261 e. The molecular formula is C29H43NO4Si. The molecule has 6 heteroatoms. The fraction of sp³-hybridized carbons (Fsp3) is 0.552. The third kappa shape index (κ3) is 6.61. The molecule has 3 rings (SSSR count). The number of benzene rings is 2. The third-order valence-electron chi connectivity index (χ3n) is 7.37. The van der Waals surface area contributed by atoms with Crippen molar-refractivity contribution in [2.24, 2.45) is 11.8 Å². The van der Waals surface area contributed by atoms with Crippen molar-refractivity contribution in [2.75, 3.05) is 20.8 Å². The van der Waals surface area contributed by atoms with E-state index in [4.69, 9.17) is 9.26 Å². The van der Waals surface area contributed by atoms with Crippen LogP contribution in [0.1, 0.15) is 59.3 Å². The number of nitrogens with zero attached hydrogens (tertiary/aromatic N) is 1. The molecule has 192 valence electrons. The molecule has 35 heavy (non-hydrogen) atoms. The molecule has 0 aromatic heterocycles. The molecule has 5 nitrogen and oxygen atoms in total. The summed E-state index contributed by atoms with van der Waals surface area (Å²) in [6.45, 7) is 7.65. The van der Waals surface area contributed by atoms with E-state index < -0.39 is 14.4 Å². The molecule has 0 aliphatic heterocycles. The molecule has 2 aromatic carbocycles. The van der Waals surface area contributed by atoms with E-state index in [2.05, 4.69) is 81.4 Å². The number of amides is 1. The second kappa shape index (κ2) is 12.3. The first-order chi connectivity index (χ1) is 16.7. The third-order valence-corrected chi connectivity index (χ3v) is 12.4. The summed E-state index contributed by atoms with van der Waals surface area (Å²) in [6, 6.07) is 21.5. The molecule has 0 saturated heterocycles. The maximum absolute atomic E-state index is 12.1. The molecule has 1 amide bonds. The van der Waals surface area contributed by atoms with Gasteiger partial charge in [-0.15, -0.1) is 0 Å². The van der Waals surface area contributed by atoms with Gasteiger partial charge in [-0.2, -0.15) is 0 Å². The predicted octanol–water partition coefficient (Wildman–Crippen LogP) is 4.53. The minimum absolute atomic E-state index is 0.00502. The number of rotatable bonds is 13. The Morgan fingerprint density at radius 2 is 1.54 bits per heavy atom. The smallest absolute Gasteiger partial charge is 0.261 e. The minimum Gasteiger partial charge on any atom is -0.407 e. The van der Waals surface area contributed by atoms with Crippen LogP contribution in [0.5, 0.6) is 0 Å². The van der Waals surface area contributed by atoms with Gasteiger partial charge < -0.3 is 9.53 Å². The molecule has 0 spiro atoms. The molecule has 0 unspecified atom stereocenters. The SMILES string of the molecule is CON(C)C(=O)[C@@H]1C[C@H]1[C@H](O)CCCCCCO[Si](c1ccccc1)(c1ccccc1)C(C)(C)C. The van der Waals surface area contributed by atoms with E-state index in [1.165, 1.54) is 22.5 Å². The van der Waals surface area contributed by atoms with Crippen molar-refractivity contribution in [2.45, 2.75) is 70.4 Å². The first-order valence-corrected chi connectivity index (χ1v) is 14.9. The molecule has 1 saturated carbocycles. The van der Waals surface area contributed by atoms with Crippen LogP contribution < -0.4 is 10.4 Å². The summed E-state index contributed by atoms with van der Waals surface area (Å²) in [5.74, 6) is -0.0367. The Bertz CT molecular complexity index is 876. The molecular weight excluding hydrogens is 454 g/mol. The van der Waals surface area contributed by atoms with Crippen molar-refractivity contribution < 1.29 is 19.2 Å². The van der Waals surface area contributed by atoms with Gasteiger partial charge in [0.1, 0.15) is 0 Å². The molecule has 1 aliphatic carbocycles. The van der Waals surface area contributed by atoms with Crippen LogP contribution in [-0.2, 0) is 14.1 Å². The first kappa shape index (κ1) is 27.6. The van der Waals surface area contributed by atoms with E-state index in [0.29, 0.717) is 0 Å². The van der Waals surface area contributed by atoms with E-state index in [-0.39, 0.29) is 22.8 Å². The molecule has 0 heterocycles. The molecule has 3 atom stereocenters.